The maximum Gasteiger partial charge on any atom is 0.0611 e. The zero-order valence-corrected chi connectivity index (χ0v) is 10.3. The molecule has 2 rings (SSSR count). The molecule has 16 heavy (non-hydrogen) atoms. The summed E-state index contributed by atoms with van der Waals surface area (Å²) in [5.41, 5.74) is 0. The van der Waals surface area contributed by atoms with Gasteiger partial charge in [0.25, 0.3) is 0 Å². The van der Waals surface area contributed by atoms with Crippen LogP contribution in [-0.4, -0.2) is 34.6 Å². The Morgan fingerprint density at radius 2 is 2.00 bits per heavy atom. The van der Waals surface area contributed by atoms with Crippen molar-refractivity contribution in [3.8, 4) is 0 Å². The van der Waals surface area contributed by atoms with E-state index in [1.165, 1.54) is 0 Å². The lowest BCUT2D eigenvalue weighted by Gasteiger charge is -2.29. The molecule has 6 unspecified atom stereocenters. The highest BCUT2D eigenvalue weighted by Crippen LogP contribution is 2.46. The van der Waals surface area contributed by atoms with Gasteiger partial charge in [0.1, 0.15) is 0 Å². The Morgan fingerprint density at radius 1 is 1.25 bits per heavy atom. The summed E-state index contributed by atoms with van der Waals surface area (Å²) in [5, 5.41) is 19.1. The van der Waals surface area contributed by atoms with E-state index in [-0.39, 0.29) is 18.3 Å². The van der Waals surface area contributed by atoms with Crippen LogP contribution in [0.5, 0.6) is 0 Å². The van der Waals surface area contributed by atoms with Gasteiger partial charge in [0.15, 0.2) is 0 Å². The van der Waals surface area contributed by atoms with Gasteiger partial charge in [-0.25, -0.2) is 0 Å². The standard InChI is InChI=1S/C13H24O3/c1-3-11(4-8(2)14)16-13-7-9-5-10(13)6-12(9)15/h8-15H,3-7H2,1-2H3. The molecule has 0 saturated heterocycles. The average Bonchev–Trinajstić information content (AvgIpc) is 2.74. The van der Waals surface area contributed by atoms with Crippen molar-refractivity contribution in [2.24, 2.45) is 11.8 Å². The number of fused-ring (bicyclic) bond motifs is 2. The average molecular weight is 228 g/mol. The molecule has 0 amide bonds. The molecule has 3 nitrogen and oxygen atoms in total. The minimum atomic E-state index is -0.283. The monoisotopic (exact) mass is 228 g/mol. The molecule has 6 atom stereocenters. The lowest BCUT2D eigenvalue weighted by Crippen LogP contribution is -2.32. The molecule has 0 aromatic heterocycles. The predicted molar refractivity (Wildman–Crippen MR) is 62.1 cm³/mol. The zero-order chi connectivity index (χ0) is 11.7. The van der Waals surface area contributed by atoms with Crippen molar-refractivity contribution >= 4 is 0 Å². The van der Waals surface area contributed by atoms with Gasteiger partial charge in [0.2, 0.25) is 0 Å². The number of aliphatic hydroxyl groups excluding tert-OH is 2. The Hall–Kier alpha value is -0.120. The Bertz CT molecular complexity index is 227. The summed E-state index contributed by atoms with van der Waals surface area (Å²) in [5.74, 6) is 1.03. The van der Waals surface area contributed by atoms with Gasteiger partial charge in [-0.1, -0.05) is 6.92 Å². The van der Waals surface area contributed by atoms with Crippen molar-refractivity contribution in [2.45, 2.75) is 70.4 Å². The van der Waals surface area contributed by atoms with Crippen molar-refractivity contribution in [3.05, 3.63) is 0 Å². The highest BCUT2D eigenvalue weighted by atomic mass is 16.5. The number of ether oxygens (including phenoxy) is 1. The summed E-state index contributed by atoms with van der Waals surface area (Å²) < 4.78 is 6.08. The normalized spacial score (nSPS) is 41.2. The van der Waals surface area contributed by atoms with E-state index in [1.54, 1.807) is 0 Å². The summed E-state index contributed by atoms with van der Waals surface area (Å²) in [4.78, 5) is 0. The van der Waals surface area contributed by atoms with Crippen LogP contribution < -0.4 is 0 Å². The second-order valence-corrected chi connectivity index (χ2v) is 5.58. The Labute approximate surface area is 97.8 Å². The van der Waals surface area contributed by atoms with Crippen molar-refractivity contribution in [3.63, 3.8) is 0 Å². The molecule has 0 radical (unpaired) electrons. The lowest BCUT2D eigenvalue weighted by atomic mass is 9.95. The van der Waals surface area contributed by atoms with Gasteiger partial charge < -0.3 is 14.9 Å². The number of hydrogen-bond acceptors (Lipinski definition) is 3. The molecular formula is C13H24O3. The van der Waals surface area contributed by atoms with Crippen LogP contribution >= 0.6 is 0 Å². The topological polar surface area (TPSA) is 49.7 Å². The van der Waals surface area contributed by atoms with Crippen LogP contribution in [0.4, 0.5) is 0 Å². The maximum absolute atomic E-state index is 9.68. The molecule has 2 aliphatic rings. The van der Waals surface area contributed by atoms with Gasteiger partial charge in [-0.15, -0.1) is 0 Å². The fourth-order valence-electron chi connectivity index (χ4n) is 3.31. The third-order valence-corrected chi connectivity index (χ3v) is 4.18. The van der Waals surface area contributed by atoms with Crippen LogP contribution in [0.3, 0.4) is 0 Å². The molecule has 0 heterocycles. The summed E-state index contributed by atoms with van der Waals surface area (Å²) >= 11 is 0. The lowest BCUT2D eigenvalue weighted by molar-refractivity contribution is -0.0697. The predicted octanol–water partition coefficient (Wildman–Crippen LogP) is 1.71. The molecule has 2 fully saturated rings. The minimum absolute atomic E-state index is 0.0818. The number of hydrogen-bond donors (Lipinski definition) is 2. The Balaban J connectivity index is 1.82. The van der Waals surface area contributed by atoms with Crippen LogP contribution in [0.1, 0.15) is 46.0 Å². The summed E-state index contributed by atoms with van der Waals surface area (Å²) in [7, 11) is 0. The molecule has 0 aliphatic heterocycles. The number of aliphatic hydroxyl groups is 2. The Morgan fingerprint density at radius 3 is 2.44 bits per heavy atom. The molecule has 2 aliphatic carbocycles. The van der Waals surface area contributed by atoms with Crippen molar-refractivity contribution < 1.29 is 14.9 Å². The fourth-order valence-corrected chi connectivity index (χ4v) is 3.31. The third-order valence-electron chi connectivity index (χ3n) is 4.18. The molecule has 3 heteroatoms. The summed E-state index contributed by atoms with van der Waals surface area (Å²) in [6.45, 7) is 3.92. The molecular weight excluding hydrogens is 204 g/mol. The van der Waals surface area contributed by atoms with E-state index in [2.05, 4.69) is 6.92 Å². The van der Waals surface area contributed by atoms with E-state index in [1.807, 2.05) is 6.92 Å². The number of rotatable bonds is 5. The van der Waals surface area contributed by atoms with Gasteiger partial charge >= 0.3 is 0 Å². The van der Waals surface area contributed by atoms with E-state index in [4.69, 9.17) is 4.74 Å². The second-order valence-electron chi connectivity index (χ2n) is 5.58. The first-order valence-electron chi connectivity index (χ1n) is 6.61. The van der Waals surface area contributed by atoms with E-state index in [0.29, 0.717) is 17.9 Å². The SMILES string of the molecule is CCC(CC(C)O)OC1CC2CC1CC2O. The first-order chi connectivity index (χ1) is 7.60. The molecule has 2 N–H and O–H groups in total. The van der Waals surface area contributed by atoms with Crippen LogP contribution in [-0.2, 0) is 4.74 Å². The zero-order valence-electron chi connectivity index (χ0n) is 10.3. The molecule has 0 aromatic carbocycles. The first-order valence-corrected chi connectivity index (χ1v) is 6.61. The quantitative estimate of drug-likeness (QED) is 0.753. The smallest absolute Gasteiger partial charge is 0.0611 e. The maximum atomic E-state index is 9.68. The molecule has 0 spiro atoms. The van der Waals surface area contributed by atoms with Gasteiger partial charge in [0.05, 0.1) is 24.4 Å². The first kappa shape index (κ1) is 12.3. The van der Waals surface area contributed by atoms with Gasteiger partial charge in [-0.05, 0) is 50.9 Å². The van der Waals surface area contributed by atoms with Crippen molar-refractivity contribution in [1.29, 1.82) is 0 Å². The molecule has 0 aromatic rings. The van der Waals surface area contributed by atoms with Crippen LogP contribution in [0, 0.1) is 11.8 Å². The van der Waals surface area contributed by atoms with Gasteiger partial charge in [-0.2, -0.15) is 0 Å². The Kier molecular flexibility index (Phi) is 3.88. The summed E-state index contributed by atoms with van der Waals surface area (Å²) in [6, 6.07) is 0. The molecule has 94 valence electrons. The van der Waals surface area contributed by atoms with E-state index < -0.39 is 0 Å². The molecule has 2 saturated carbocycles. The van der Waals surface area contributed by atoms with Crippen molar-refractivity contribution in [2.75, 3.05) is 0 Å². The second kappa shape index (κ2) is 5.03. The highest BCUT2D eigenvalue weighted by Gasteiger charge is 2.46. The fraction of sp³-hybridized carbons (Fsp3) is 1.00. The van der Waals surface area contributed by atoms with Crippen molar-refractivity contribution in [1.82, 2.24) is 0 Å². The summed E-state index contributed by atoms with van der Waals surface area (Å²) in [6.07, 6.45) is 4.91. The van der Waals surface area contributed by atoms with Crippen LogP contribution in [0.15, 0.2) is 0 Å². The third kappa shape index (κ3) is 2.58. The van der Waals surface area contributed by atoms with E-state index >= 15 is 0 Å². The highest BCUT2D eigenvalue weighted by molar-refractivity contribution is 4.96. The van der Waals surface area contributed by atoms with Crippen LogP contribution in [0.2, 0.25) is 0 Å². The van der Waals surface area contributed by atoms with Gasteiger partial charge in [-0.3, -0.25) is 0 Å². The minimum Gasteiger partial charge on any atom is -0.393 e. The van der Waals surface area contributed by atoms with E-state index in [0.717, 1.165) is 32.1 Å². The van der Waals surface area contributed by atoms with Crippen LogP contribution in [0.25, 0.3) is 0 Å². The largest absolute Gasteiger partial charge is 0.393 e. The molecule has 2 bridgehead atoms. The van der Waals surface area contributed by atoms with E-state index in [9.17, 15) is 10.2 Å². The van der Waals surface area contributed by atoms with Gasteiger partial charge in [0, 0.05) is 0 Å².